The molecule has 27 valence electrons. The largest absolute Gasteiger partial charge is 0.194 e. The van der Waals surface area contributed by atoms with E-state index in [9.17, 15) is 0 Å². The van der Waals surface area contributed by atoms with E-state index >= 15 is 0 Å². The van der Waals surface area contributed by atoms with Crippen LogP contribution in [0, 0.1) is 6.42 Å². The predicted octanol–water partition coefficient (Wildman–Crippen LogP) is 0.656. The number of hydrogen-bond donors (Lipinski definition) is 0. The minimum atomic E-state index is 0.833. The SMILES string of the molecule is [CH]1CN=NC1. The maximum atomic E-state index is 3.65. The van der Waals surface area contributed by atoms with E-state index < -0.39 is 0 Å². The van der Waals surface area contributed by atoms with E-state index in [0.717, 1.165) is 13.1 Å². The first kappa shape index (κ1) is 2.82. The van der Waals surface area contributed by atoms with Crippen LogP contribution in [-0.4, -0.2) is 13.1 Å². The molecule has 0 N–H and O–H groups in total. The van der Waals surface area contributed by atoms with Crippen molar-refractivity contribution in [2.75, 3.05) is 13.1 Å². The summed E-state index contributed by atoms with van der Waals surface area (Å²) in [6.07, 6.45) is 2.03. The van der Waals surface area contributed by atoms with Crippen molar-refractivity contribution >= 4 is 0 Å². The molecule has 0 saturated heterocycles. The molecule has 0 atom stereocenters. The molecule has 0 spiro atoms. The van der Waals surface area contributed by atoms with Gasteiger partial charge in [0.25, 0.3) is 0 Å². The first-order chi connectivity index (χ1) is 2.50. The van der Waals surface area contributed by atoms with E-state index in [0.29, 0.717) is 0 Å². The van der Waals surface area contributed by atoms with Crippen LogP contribution in [0.1, 0.15) is 0 Å². The molecule has 0 aliphatic carbocycles. The minimum Gasteiger partial charge on any atom is -0.194 e. The summed E-state index contributed by atoms with van der Waals surface area (Å²) in [5, 5.41) is 7.31. The van der Waals surface area contributed by atoms with Crippen molar-refractivity contribution in [3.05, 3.63) is 6.42 Å². The van der Waals surface area contributed by atoms with Crippen LogP contribution in [0.25, 0.3) is 0 Å². The first-order valence-electron chi connectivity index (χ1n) is 1.65. The van der Waals surface area contributed by atoms with Crippen LogP contribution in [0.5, 0.6) is 0 Å². The van der Waals surface area contributed by atoms with E-state index in [4.69, 9.17) is 0 Å². The average Bonchev–Trinajstić information content (AvgIpc) is 1.76. The Morgan fingerprint density at radius 1 is 1.20 bits per heavy atom. The Balaban J connectivity index is 2.32. The van der Waals surface area contributed by atoms with Crippen molar-refractivity contribution in [2.45, 2.75) is 0 Å². The lowest BCUT2D eigenvalue weighted by molar-refractivity contribution is 1.11. The number of rotatable bonds is 0. The van der Waals surface area contributed by atoms with Gasteiger partial charge in [0.2, 0.25) is 0 Å². The molecule has 0 amide bonds. The second-order valence-electron chi connectivity index (χ2n) is 0.937. The van der Waals surface area contributed by atoms with Crippen LogP contribution in [0.4, 0.5) is 0 Å². The van der Waals surface area contributed by atoms with Crippen LogP contribution in [0.2, 0.25) is 0 Å². The Kier molecular flexibility index (Phi) is 0.648. The molecule has 0 aromatic heterocycles. The highest BCUT2D eigenvalue weighted by Crippen LogP contribution is 1.90. The second kappa shape index (κ2) is 1.15. The van der Waals surface area contributed by atoms with Gasteiger partial charge in [0.15, 0.2) is 0 Å². The normalized spacial score (nSPS) is 20.8. The lowest BCUT2D eigenvalue weighted by Gasteiger charge is -1.63. The third-order valence-electron chi connectivity index (χ3n) is 0.521. The molecule has 0 aromatic carbocycles. The zero-order valence-electron chi connectivity index (χ0n) is 2.89. The van der Waals surface area contributed by atoms with Crippen molar-refractivity contribution in [3.63, 3.8) is 0 Å². The summed E-state index contributed by atoms with van der Waals surface area (Å²) >= 11 is 0. The highest BCUT2D eigenvalue weighted by molar-refractivity contribution is 4.73. The van der Waals surface area contributed by atoms with E-state index in [-0.39, 0.29) is 0 Å². The third-order valence-corrected chi connectivity index (χ3v) is 0.521. The molecular formula is C3H5N2. The molecule has 0 fully saturated rings. The molecule has 1 aliphatic rings. The van der Waals surface area contributed by atoms with Crippen LogP contribution >= 0.6 is 0 Å². The molecule has 2 heteroatoms. The zero-order chi connectivity index (χ0) is 3.54. The summed E-state index contributed by atoms with van der Waals surface area (Å²) in [4.78, 5) is 0. The Hall–Kier alpha value is -0.400. The molecule has 1 heterocycles. The van der Waals surface area contributed by atoms with Crippen LogP contribution in [0.3, 0.4) is 0 Å². The standard InChI is InChI=1S/C3H5N2/c1-2-4-5-3-1/h1H,2-3H2. The summed E-state index contributed by atoms with van der Waals surface area (Å²) in [5.41, 5.74) is 0. The van der Waals surface area contributed by atoms with Gasteiger partial charge in [0.1, 0.15) is 0 Å². The lowest BCUT2D eigenvalue weighted by Crippen LogP contribution is -1.71. The third kappa shape index (κ3) is 0.436. The maximum absolute atomic E-state index is 3.65. The van der Waals surface area contributed by atoms with E-state index in [1.165, 1.54) is 0 Å². The minimum absolute atomic E-state index is 0.833. The average molecular weight is 69.1 g/mol. The Morgan fingerprint density at radius 2 is 1.80 bits per heavy atom. The summed E-state index contributed by atoms with van der Waals surface area (Å²) in [6, 6.07) is 0. The fourth-order valence-electron chi connectivity index (χ4n) is 0.289. The summed E-state index contributed by atoms with van der Waals surface area (Å²) < 4.78 is 0. The highest BCUT2D eigenvalue weighted by Gasteiger charge is 1.87. The van der Waals surface area contributed by atoms with Crippen molar-refractivity contribution in [1.82, 2.24) is 0 Å². The van der Waals surface area contributed by atoms with Crippen LogP contribution in [0.15, 0.2) is 10.2 Å². The number of hydrogen-bond acceptors (Lipinski definition) is 2. The Labute approximate surface area is 30.9 Å². The van der Waals surface area contributed by atoms with Gasteiger partial charge in [-0.2, -0.15) is 10.2 Å². The molecule has 0 bridgehead atoms. The molecule has 0 aromatic rings. The summed E-state index contributed by atoms with van der Waals surface area (Å²) in [7, 11) is 0. The van der Waals surface area contributed by atoms with Gasteiger partial charge < -0.3 is 0 Å². The van der Waals surface area contributed by atoms with Crippen molar-refractivity contribution in [3.8, 4) is 0 Å². The van der Waals surface area contributed by atoms with Gasteiger partial charge in [-0.1, -0.05) is 0 Å². The van der Waals surface area contributed by atoms with Gasteiger partial charge in [-0.05, 0) is 0 Å². The predicted molar refractivity (Wildman–Crippen MR) is 18.9 cm³/mol. The topological polar surface area (TPSA) is 24.7 Å². The zero-order valence-corrected chi connectivity index (χ0v) is 2.89. The lowest BCUT2D eigenvalue weighted by atomic mass is 10.5. The molecule has 1 radical (unpaired) electrons. The van der Waals surface area contributed by atoms with Gasteiger partial charge in [0, 0.05) is 6.42 Å². The van der Waals surface area contributed by atoms with Crippen LogP contribution in [-0.2, 0) is 0 Å². The van der Waals surface area contributed by atoms with Crippen molar-refractivity contribution in [2.24, 2.45) is 10.2 Å². The van der Waals surface area contributed by atoms with Crippen molar-refractivity contribution in [1.29, 1.82) is 0 Å². The number of nitrogens with zero attached hydrogens (tertiary/aromatic N) is 2. The first-order valence-corrected chi connectivity index (χ1v) is 1.65. The van der Waals surface area contributed by atoms with Gasteiger partial charge in [-0.15, -0.1) is 0 Å². The molecule has 1 rings (SSSR count). The second-order valence-corrected chi connectivity index (χ2v) is 0.937. The fourth-order valence-corrected chi connectivity index (χ4v) is 0.289. The highest BCUT2D eigenvalue weighted by atomic mass is 15.1. The van der Waals surface area contributed by atoms with Gasteiger partial charge in [-0.25, -0.2) is 0 Å². The molecule has 0 saturated carbocycles. The summed E-state index contributed by atoms with van der Waals surface area (Å²) in [5.74, 6) is 0. The summed E-state index contributed by atoms with van der Waals surface area (Å²) in [6.45, 7) is 1.67. The smallest absolute Gasteiger partial charge is 0.0649 e. The molecule has 1 aliphatic heterocycles. The van der Waals surface area contributed by atoms with E-state index in [1.54, 1.807) is 0 Å². The van der Waals surface area contributed by atoms with Gasteiger partial charge in [0.05, 0.1) is 13.1 Å². The molecule has 0 unspecified atom stereocenters. The molecule has 2 nitrogen and oxygen atoms in total. The fraction of sp³-hybridized carbons (Fsp3) is 0.667. The number of azo groups is 1. The van der Waals surface area contributed by atoms with E-state index in [2.05, 4.69) is 10.2 Å². The Morgan fingerprint density at radius 3 is 2.00 bits per heavy atom. The Bertz CT molecular complexity index is 42.9. The molecule has 5 heavy (non-hydrogen) atoms. The van der Waals surface area contributed by atoms with Gasteiger partial charge >= 0.3 is 0 Å². The monoisotopic (exact) mass is 69.0 g/mol. The van der Waals surface area contributed by atoms with E-state index in [1.807, 2.05) is 6.42 Å². The quantitative estimate of drug-likeness (QED) is 0.399. The molecular weight excluding hydrogens is 64.0 g/mol. The van der Waals surface area contributed by atoms with Crippen LogP contribution < -0.4 is 0 Å². The maximum Gasteiger partial charge on any atom is 0.0649 e. The van der Waals surface area contributed by atoms with Gasteiger partial charge in [-0.3, -0.25) is 0 Å². The van der Waals surface area contributed by atoms with Crippen molar-refractivity contribution < 1.29 is 0 Å².